The smallest absolute Gasteiger partial charge is 0.331 e. The van der Waals surface area contributed by atoms with Crippen LogP contribution >= 0.6 is 23.2 Å². The van der Waals surface area contributed by atoms with Gasteiger partial charge in [-0.25, -0.2) is 13.2 Å². The van der Waals surface area contributed by atoms with Gasteiger partial charge in [0.15, 0.2) is 12.4 Å². The molecular weight excluding hydrogens is 427 g/mol. The fourth-order valence-corrected chi connectivity index (χ4v) is 4.02. The molecule has 10 heteroatoms. The zero-order valence-corrected chi connectivity index (χ0v) is 16.8. The third-order valence-electron chi connectivity index (χ3n) is 3.91. The highest BCUT2D eigenvalue weighted by molar-refractivity contribution is 7.90. The van der Waals surface area contributed by atoms with Crippen molar-refractivity contribution in [2.75, 3.05) is 6.61 Å². The average molecular weight is 441 g/mol. The molecule has 2 aromatic carbocycles. The summed E-state index contributed by atoms with van der Waals surface area (Å²) in [5.74, 6) is -1.18. The molecule has 0 fully saturated rings. The quantitative estimate of drug-likeness (QED) is 0.568. The lowest BCUT2D eigenvalue weighted by molar-refractivity contribution is -0.143. The molecule has 3 rings (SSSR count). The number of sulfonamides is 1. The standard InChI is InChI=1S/C18H14Cl2N2O5S/c1-10(21-17-12-4-2-3-5-16(12)28(25,26)22-17)18(24)27-9-15(23)11-6-7-13(19)14(20)8-11/h2-8,10H,9H2,1H3,(H,21,22)/t10-/m0/s1. The molecule has 1 aliphatic heterocycles. The van der Waals surface area contributed by atoms with Gasteiger partial charge in [-0.2, -0.15) is 0 Å². The number of ether oxygens (including phenoxy) is 1. The molecule has 1 aliphatic rings. The molecule has 7 nitrogen and oxygen atoms in total. The summed E-state index contributed by atoms with van der Waals surface area (Å²) in [7, 11) is -3.71. The second kappa shape index (κ2) is 7.90. The molecule has 1 heterocycles. The van der Waals surface area contributed by atoms with Crippen molar-refractivity contribution in [2.24, 2.45) is 4.99 Å². The number of halogens is 2. The maximum absolute atomic E-state index is 12.2. The van der Waals surface area contributed by atoms with E-state index in [1.54, 1.807) is 18.2 Å². The number of hydrogen-bond donors (Lipinski definition) is 1. The summed E-state index contributed by atoms with van der Waals surface area (Å²) in [4.78, 5) is 28.5. The number of Topliss-reactive ketones (excluding diaryl/α,β-unsaturated/α-hetero) is 1. The van der Waals surface area contributed by atoms with Crippen molar-refractivity contribution in [1.29, 1.82) is 0 Å². The molecule has 1 atom stereocenters. The molecule has 0 saturated carbocycles. The predicted molar refractivity (Wildman–Crippen MR) is 105 cm³/mol. The Kier molecular flexibility index (Phi) is 5.74. The Bertz CT molecular complexity index is 1100. The molecule has 0 radical (unpaired) electrons. The molecule has 0 spiro atoms. The largest absolute Gasteiger partial charge is 0.456 e. The number of rotatable bonds is 5. The van der Waals surface area contributed by atoms with Crippen LogP contribution in [-0.2, 0) is 19.6 Å². The Morgan fingerprint density at radius 3 is 2.57 bits per heavy atom. The van der Waals surface area contributed by atoms with Crippen LogP contribution in [0, 0.1) is 0 Å². The SMILES string of the molecule is C[C@H](N=C1NS(=O)(=O)c2ccccc21)C(=O)OCC(=O)c1ccc(Cl)c(Cl)c1. The number of nitrogens with one attached hydrogen (secondary N) is 1. The Morgan fingerprint density at radius 1 is 1.14 bits per heavy atom. The minimum atomic E-state index is -3.71. The summed E-state index contributed by atoms with van der Waals surface area (Å²) in [5, 5.41) is 0.518. The van der Waals surface area contributed by atoms with Crippen molar-refractivity contribution in [3.8, 4) is 0 Å². The number of carbonyl (C=O) groups is 2. The van der Waals surface area contributed by atoms with Gasteiger partial charge in [-0.1, -0.05) is 35.3 Å². The van der Waals surface area contributed by atoms with Gasteiger partial charge in [0.25, 0.3) is 10.0 Å². The number of aliphatic imine (C=N–C) groups is 1. The van der Waals surface area contributed by atoms with Crippen LogP contribution in [0.25, 0.3) is 0 Å². The monoisotopic (exact) mass is 440 g/mol. The second-order valence-electron chi connectivity index (χ2n) is 5.92. The maximum atomic E-state index is 12.2. The topological polar surface area (TPSA) is 102 Å². The summed E-state index contributed by atoms with van der Waals surface area (Å²) in [6.45, 7) is 0.933. The van der Waals surface area contributed by atoms with E-state index in [9.17, 15) is 18.0 Å². The van der Waals surface area contributed by atoms with Crippen molar-refractivity contribution >= 4 is 50.8 Å². The molecule has 0 saturated heterocycles. The van der Waals surface area contributed by atoms with Crippen LogP contribution in [0.5, 0.6) is 0 Å². The van der Waals surface area contributed by atoms with E-state index in [4.69, 9.17) is 27.9 Å². The van der Waals surface area contributed by atoms with Crippen molar-refractivity contribution in [3.63, 3.8) is 0 Å². The third kappa shape index (κ3) is 4.19. The van der Waals surface area contributed by atoms with Crippen LogP contribution in [0.3, 0.4) is 0 Å². The second-order valence-corrected chi connectivity index (χ2v) is 8.38. The number of amidine groups is 1. The molecular formula is C18H14Cl2N2O5S. The minimum Gasteiger partial charge on any atom is -0.456 e. The first-order chi connectivity index (χ1) is 13.2. The zero-order valence-electron chi connectivity index (χ0n) is 14.5. The van der Waals surface area contributed by atoms with E-state index in [0.717, 1.165) is 0 Å². The number of hydrogen-bond acceptors (Lipinski definition) is 6. The molecule has 146 valence electrons. The van der Waals surface area contributed by atoms with Crippen LogP contribution in [0.1, 0.15) is 22.8 Å². The number of ketones is 1. The lowest BCUT2D eigenvalue weighted by Crippen LogP contribution is -2.27. The fourth-order valence-electron chi connectivity index (χ4n) is 2.49. The van der Waals surface area contributed by atoms with Crippen molar-refractivity contribution in [3.05, 3.63) is 63.6 Å². The third-order valence-corrected chi connectivity index (χ3v) is 6.05. The maximum Gasteiger partial charge on any atom is 0.331 e. The first-order valence-corrected chi connectivity index (χ1v) is 10.3. The van der Waals surface area contributed by atoms with Gasteiger partial charge in [0, 0.05) is 11.1 Å². The summed E-state index contributed by atoms with van der Waals surface area (Å²) in [6, 6.07) is 9.58. The van der Waals surface area contributed by atoms with E-state index in [2.05, 4.69) is 9.71 Å². The van der Waals surface area contributed by atoms with Gasteiger partial charge >= 0.3 is 5.97 Å². The highest BCUT2D eigenvalue weighted by atomic mass is 35.5. The van der Waals surface area contributed by atoms with Gasteiger partial charge in [0.2, 0.25) is 0 Å². The van der Waals surface area contributed by atoms with E-state index in [1.807, 2.05) is 0 Å². The number of benzene rings is 2. The summed E-state index contributed by atoms with van der Waals surface area (Å²) in [6.07, 6.45) is 0. The Morgan fingerprint density at radius 2 is 1.86 bits per heavy atom. The number of esters is 1. The predicted octanol–water partition coefficient (Wildman–Crippen LogP) is 2.85. The number of carbonyl (C=O) groups excluding carboxylic acids is 2. The van der Waals surface area contributed by atoms with Gasteiger partial charge in [0.1, 0.15) is 11.9 Å². The molecule has 0 amide bonds. The van der Waals surface area contributed by atoms with Crippen LogP contribution in [0.2, 0.25) is 10.0 Å². The molecule has 0 bridgehead atoms. The molecule has 0 aromatic heterocycles. The van der Waals surface area contributed by atoms with E-state index in [-0.39, 0.29) is 21.3 Å². The first-order valence-electron chi connectivity index (χ1n) is 8.04. The van der Waals surface area contributed by atoms with Gasteiger partial charge in [0.05, 0.1) is 14.9 Å². The number of nitrogens with zero attached hydrogens (tertiary/aromatic N) is 1. The summed E-state index contributed by atoms with van der Waals surface area (Å²) < 4.78 is 31.4. The molecule has 0 aliphatic carbocycles. The fraction of sp³-hybridized carbons (Fsp3) is 0.167. The highest BCUT2D eigenvalue weighted by Crippen LogP contribution is 2.24. The number of fused-ring (bicyclic) bond motifs is 1. The lowest BCUT2D eigenvalue weighted by Gasteiger charge is -2.09. The molecule has 0 unspecified atom stereocenters. The normalized spacial score (nSPS) is 16.9. The zero-order chi connectivity index (χ0) is 20.5. The lowest BCUT2D eigenvalue weighted by atomic mass is 10.1. The van der Waals surface area contributed by atoms with Crippen molar-refractivity contribution in [1.82, 2.24) is 4.72 Å². The highest BCUT2D eigenvalue weighted by Gasteiger charge is 2.31. The van der Waals surface area contributed by atoms with E-state index in [1.165, 1.54) is 31.2 Å². The Hall–Kier alpha value is -2.42. The Balaban J connectivity index is 1.68. The minimum absolute atomic E-state index is 0.0517. The van der Waals surface area contributed by atoms with Crippen LogP contribution < -0.4 is 4.72 Å². The molecule has 2 aromatic rings. The summed E-state index contributed by atoms with van der Waals surface area (Å²) >= 11 is 11.7. The summed E-state index contributed by atoms with van der Waals surface area (Å²) in [5.41, 5.74) is 0.618. The van der Waals surface area contributed by atoms with E-state index < -0.39 is 34.4 Å². The van der Waals surface area contributed by atoms with Crippen LogP contribution in [0.15, 0.2) is 52.4 Å². The van der Waals surface area contributed by atoms with Crippen molar-refractivity contribution < 1.29 is 22.7 Å². The molecule has 1 N–H and O–H groups in total. The van der Waals surface area contributed by atoms with Gasteiger partial charge in [-0.15, -0.1) is 0 Å². The van der Waals surface area contributed by atoms with Crippen LogP contribution in [0.4, 0.5) is 0 Å². The van der Waals surface area contributed by atoms with E-state index in [0.29, 0.717) is 10.6 Å². The van der Waals surface area contributed by atoms with Gasteiger partial charge < -0.3 is 4.74 Å². The van der Waals surface area contributed by atoms with Gasteiger partial charge in [-0.3, -0.25) is 14.5 Å². The van der Waals surface area contributed by atoms with Gasteiger partial charge in [-0.05, 0) is 37.3 Å². The Labute approximate surface area is 171 Å². The van der Waals surface area contributed by atoms with Crippen molar-refractivity contribution in [2.45, 2.75) is 17.9 Å². The first kappa shape index (κ1) is 20.3. The van der Waals surface area contributed by atoms with E-state index >= 15 is 0 Å². The molecule has 28 heavy (non-hydrogen) atoms. The average Bonchev–Trinajstić information content (AvgIpc) is 2.92. The van der Waals surface area contributed by atoms with Crippen LogP contribution in [-0.4, -0.2) is 38.7 Å².